The van der Waals surface area contributed by atoms with E-state index >= 15 is 0 Å². The lowest BCUT2D eigenvalue weighted by Gasteiger charge is -2.17. The lowest BCUT2D eigenvalue weighted by molar-refractivity contribution is -0.115. The predicted octanol–water partition coefficient (Wildman–Crippen LogP) is 3.36. The molecule has 1 N–H and O–H groups in total. The maximum atomic E-state index is 11.7. The first-order chi connectivity index (χ1) is 10.8. The smallest absolute Gasteiger partial charge is 0.328 e. The van der Waals surface area contributed by atoms with Gasteiger partial charge in [-0.05, 0) is 30.4 Å². The first-order valence-electron chi connectivity index (χ1n) is 8.32. The minimum absolute atomic E-state index is 0.0604. The number of hydrogen-bond donors (Lipinski definition) is 1. The molecule has 0 radical (unpaired) electrons. The minimum Gasteiger partial charge on any atom is -0.328 e. The van der Waals surface area contributed by atoms with Gasteiger partial charge in [-0.3, -0.25) is 4.79 Å². The molecule has 1 aliphatic carbocycles. The average molecular weight is 301 g/mol. The molecule has 1 aromatic heterocycles. The number of hydrogen-bond acceptors (Lipinski definition) is 3. The van der Waals surface area contributed by atoms with Gasteiger partial charge in [-0.15, -0.1) is 0 Å². The van der Waals surface area contributed by atoms with Crippen molar-refractivity contribution in [3.8, 4) is 0 Å². The second kappa shape index (κ2) is 6.90. The summed E-state index contributed by atoms with van der Waals surface area (Å²) in [5.74, 6) is 0.738. The molecule has 0 spiro atoms. The summed E-state index contributed by atoms with van der Waals surface area (Å²) in [6, 6.07) is 3.45. The number of urea groups is 1. The molecule has 3 rings (SSSR count). The summed E-state index contributed by atoms with van der Waals surface area (Å²) >= 11 is 0. The van der Waals surface area contributed by atoms with Gasteiger partial charge in [0.25, 0.3) is 5.91 Å². The number of nitrogens with one attached hydrogen (secondary N) is 1. The number of amides is 3. The zero-order valence-corrected chi connectivity index (χ0v) is 12.9. The van der Waals surface area contributed by atoms with Gasteiger partial charge in [0, 0.05) is 6.20 Å². The van der Waals surface area contributed by atoms with Crippen molar-refractivity contribution in [1.29, 1.82) is 0 Å². The van der Waals surface area contributed by atoms with Crippen molar-refractivity contribution >= 4 is 17.8 Å². The quantitative estimate of drug-likeness (QED) is 0.852. The Morgan fingerprint density at radius 2 is 1.68 bits per heavy atom. The van der Waals surface area contributed by atoms with Gasteiger partial charge in [0.2, 0.25) is 0 Å². The highest BCUT2D eigenvalue weighted by molar-refractivity contribution is 6.19. The zero-order valence-electron chi connectivity index (χ0n) is 12.9. The van der Waals surface area contributed by atoms with Crippen LogP contribution in [0.15, 0.2) is 18.3 Å². The molecule has 0 unspecified atom stereocenters. The van der Waals surface area contributed by atoms with E-state index in [2.05, 4.69) is 10.3 Å². The molecule has 3 amide bonds. The highest BCUT2D eigenvalue weighted by atomic mass is 16.2. The predicted molar refractivity (Wildman–Crippen MR) is 84.8 cm³/mol. The Balaban J connectivity index is 1.72. The van der Waals surface area contributed by atoms with Crippen molar-refractivity contribution in [2.24, 2.45) is 0 Å². The number of rotatable bonds is 2. The highest BCUT2D eigenvalue weighted by Crippen LogP contribution is 2.30. The Labute approximate surface area is 131 Å². The molecule has 0 atom stereocenters. The Morgan fingerprint density at radius 3 is 2.23 bits per heavy atom. The second-order valence-corrected chi connectivity index (χ2v) is 6.23. The fourth-order valence-electron chi connectivity index (χ4n) is 3.39. The molecule has 1 saturated carbocycles. The van der Waals surface area contributed by atoms with E-state index in [4.69, 9.17) is 0 Å². The number of carbonyl (C=O) groups is 2. The van der Waals surface area contributed by atoms with Gasteiger partial charge in [-0.1, -0.05) is 44.6 Å². The van der Waals surface area contributed by atoms with Crippen LogP contribution in [0.3, 0.4) is 0 Å². The summed E-state index contributed by atoms with van der Waals surface area (Å²) in [4.78, 5) is 28.8. The topological polar surface area (TPSA) is 62.3 Å². The Bertz CT molecular complexity index is 515. The molecule has 5 nitrogen and oxygen atoms in total. The van der Waals surface area contributed by atoms with Crippen molar-refractivity contribution < 1.29 is 9.59 Å². The molecule has 1 aliphatic heterocycles. The molecule has 1 aromatic rings. The van der Waals surface area contributed by atoms with Crippen LogP contribution in [-0.2, 0) is 4.79 Å². The monoisotopic (exact) mass is 301 g/mol. The van der Waals surface area contributed by atoms with E-state index < -0.39 is 0 Å². The number of aromatic nitrogens is 1. The summed E-state index contributed by atoms with van der Waals surface area (Å²) in [7, 11) is 0. The van der Waals surface area contributed by atoms with Crippen LogP contribution >= 0.6 is 0 Å². The van der Waals surface area contributed by atoms with E-state index in [1.165, 1.54) is 56.9 Å². The van der Waals surface area contributed by atoms with Crippen LogP contribution in [0.2, 0.25) is 0 Å². The molecule has 1 saturated heterocycles. The van der Waals surface area contributed by atoms with Crippen LogP contribution in [0.4, 0.5) is 10.6 Å². The molecule has 2 fully saturated rings. The lowest BCUT2D eigenvalue weighted by atomic mass is 9.91. The van der Waals surface area contributed by atoms with Crippen LogP contribution < -0.4 is 10.2 Å². The molecular weight excluding hydrogens is 278 g/mol. The van der Waals surface area contributed by atoms with Crippen LogP contribution in [0, 0.1) is 0 Å². The molecule has 5 heteroatoms. The van der Waals surface area contributed by atoms with Gasteiger partial charge >= 0.3 is 6.03 Å². The van der Waals surface area contributed by atoms with E-state index in [0.29, 0.717) is 11.7 Å². The van der Waals surface area contributed by atoms with Crippen LogP contribution in [0.5, 0.6) is 0 Å². The van der Waals surface area contributed by atoms with E-state index in [1.54, 1.807) is 6.07 Å². The second-order valence-electron chi connectivity index (χ2n) is 6.23. The summed E-state index contributed by atoms with van der Waals surface area (Å²) < 4.78 is 0. The number of anilines is 1. The van der Waals surface area contributed by atoms with E-state index in [0.717, 1.165) is 4.90 Å². The van der Waals surface area contributed by atoms with Crippen molar-refractivity contribution in [3.63, 3.8) is 0 Å². The van der Waals surface area contributed by atoms with Gasteiger partial charge in [0.1, 0.15) is 5.82 Å². The normalized spacial score (nSPS) is 21.2. The number of pyridine rings is 1. The zero-order chi connectivity index (χ0) is 15.4. The number of imide groups is 1. The maximum Gasteiger partial charge on any atom is 0.330 e. The summed E-state index contributed by atoms with van der Waals surface area (Å²) in [6.07, 6.45) is 12.2. The Hall–Kier alpha value is -1.91. The summed E-state index contributed by atoms with van der Waals surface area (Å²) in [5.41, 5.74) is 1.23. The van der Waals surface area contributed by atoms with Gasteiger partial charge in [-0.2, -0.15) is 0 Å². The molecule has 0 aromatic carbocycles. The van der Waals surface area contributed by atoms with E-state index in [1.807, 2.05) is 12.3 Å². The first-order valence-corrected chi connectivity index (χ1v) is 8.32. The number of carbonyl (C=O) groups excluding carboxylic acids is 2. The molecule has 0 bridgehead atoms. The van der Waals surface area contributed by atoms with Crippen LogP contribution in [-0.4, -0.2) is 23.5 Å². The van der Waals surface area contributed by atoms with Crippen molar-refractivity contribution in [2.75, 3.05) is 11.4 Å². The van der Waals surface area contributed by atoms with Crippen LogP contribution in [0.1, 0.15) is 62.8 Å². The standard InChI is InChI=1S/C17H23N3O2/c21-16-12-19-17(22)20(16)15-10-9-14(11-18-15)13-7-5-3-1-2-4-6-8-13/h9-11,13H,1-8,12H2,(H,19,22). The van der Waals surface area contributed by atoms with Crippen molar-refractivity contribution in [1.82, 2.24) is 10.3 Å². The third-order valence-corrected chi connectivity index (χ3v) is 4.67. The lowest BCUT2D eigenvalue weighted by Crippen LogP contribution is -2.31. The SMILES string of the molecule is O=C1CNC(=O)N1c1ccc(C2CCCCCCCC2)cn1. The van der Waals surface area contributed by atoms with E-state index in [-0.39, 0.29) is 18.5 Å². The van der Waals surface area contributed by atoms with Crippen LogP contribution in [0.25, 0.3) is 0 Å². The third kappa shape index (κ3) is 3.29. The highest BCUT2D eigenvalue weighted by Gasteiger charge is 2.31. The molecular formula is C17H23N3O2. The minimum atomic E-state index is -0.382. The van der Waals surface area contributed by atoms with Crippen molar-refractivity contribution in [3.05, 3.63) is 23.9 Å². The van der Waals surface area contributed by atoms with Gasteiger partial charge in [0.05, 0.1) is 6.54 Å². The maximum absolute atomic E-state index is 11.7. The molecule has 118 valence electrons. The fraction of sp³-hybridized carbons (Fsp3) is 0.588. The Kier molecular flexibility index (Phi) is 4.71. The summed E-state index contributed by atoms with van der Waals surface area (Å²) in [6.45, 7) is 0.0604. The van der Waals surface area contributed by atoms with Crippen molar-refractivity contribution in [2.45, 2.75) is 57.3 Å². The van der Waals surface area contributed by atoms with E-state index in [9.17, 15) is 9.59 Å². The fourth-order valence-corrected chi connectivity index (χ4v) is 3.39. The van der Waals surface area contributed by atoms with Gasteiger partial charge < -0.3 is 5.32 Å². The number of nitrogens with zero attached hydrogens (tertiary/aromatic N) is 2. The molecule has 2 heterocycles. The van der Waals surface area contributed by atoms with Gasteiger partial charge in [-0.25, -0.2) is 14.7 Å². The molecule has 2 aliphatic rings. The molecule has 22 heavy (non-hydrogen) atoms. The summed E-state index contributed by atoms with van der Waals surface area (Å²) in [5, 5.41) is 2.52. The Morgan fingerprint density at radius 1 is 1.00 bits per heavy atom. The third-order valence-electron chi connectivity index (χ3n) is 4.67. The largest absolute Gasteiger partial charge is 0.330 e. The first kappa shape index (κ1) is 15.0. The van der Waals surface area contributed by atoms with Gasteiger partial charge in [0.15, 0.2) is 0 Å². The average Bonchev–Trinajstić information content (AvgIpc) is 2.93.